The number of likely N-dealkylation sites (tertiary alicyclic amines) is 1. The lowest BCUT2D eigenvalue weighted by molar-refractivity contribution is -0.127. The van der Waals surface area contributed by atoms with E-state index in [1.54, 1.807) is 0 Å². The number of carbonyl (C=O) groups excluding carboxylic acids is 1. The molecule has 2 aliphatic carbocycles. The first kappa shape index (κ1) is 25.8. The Balaban J connectivity index is 0.982. The van der Waals surface area contributed by atoms with Gasteiger partial charge in [-0.15, -0.1) is 0 Å². The third-order valence-electron chi connectivity index (χ3n) is 9.91. The minimum absolute atomic E-state index is 0.254. The van der Waals surface area contributed by atoms with E-state index in [-0.39, 0.29) is 5.92 Å². The van der Waals surface area contributed by atoms with Gasteiger partial charge in [-0.05, 0) is 119 Å². The molecule has 2 saturated carbocycles. The lowest BCUT2D eigenvalue weighted by atomic mass is 9.69. The summed E-state index contributed by atoms with van der Waals surface area (Å²) in [6, 6.07) is 8.87. The van der Waals surface area contributed by atoms with Crippen LogP contribution in [0.2, 0.25) is 0 Å². The quantitative estimate of drug-likeness (QED) is 0.453. The van der Waals surface area contributed by atoms with Gasteiger partial charge in [0, 0.05) is 22.9 Å². The molecule has 1 saturated heterocycles. The van der Waals surface area contributed by atoms with Gasteiger partial charge in [-0.3, -0.25) is 4.79 Å². The van der Waals surface area contributed by atoms with E-state index in [4.69, 9.17) is 4.42 Å². The van der Waals surface area contributed by atoms with Crippen LogP contribution in [0.5, 0.6) is 0 Å². The molecule has 1 amide bonds. The van der Waals surface area contributed by atoms with Crippen molar-refractivity contribution in [2.75, 3.05) is 19.6 Å². The second-order valence-corrected chi connectivity index (χ2v) is 13.2. The molecule has 4 nitrogen and oxygen atoms in total. The predicted octanol–water partition coefficient (Wildman–Crippen LogP) is 7.53. The van der Waals surface area contributed by atoms with Gasteiger partial charge in [0.05, 0.1) is 6.26 Å². The van der Waals surface area contributed by atoms with Gasteiger partial charge >= 0.3 is 0 Å². The third kappa shape index (κ3) is 6.18. The van der Waals surface area contributed by atoms with Crippen molar-refractivity contribution in [2.24, 2.45) is 23.2 Å². The fourth-order valence-electron chi connectivity index (χ4n) is 7.28. The number of rotatable bonds is 6. The minimum atomic E-state index is 0.254. The second-order valence-electron chi connectivity index (χ2n) is 13.2. The Kier molecular flexibility index (Phi) is 8.10. The zero-order valence-corrected chi connectivity index (χ0v) is 22.9. The van der Waals surface area contributed by atoms with Gasteiger partial charge in [0.25, 0.3) is 0 Å². The molecule has 1 aliphatic heterocycles. The highest BCUT2D eigenvalue weighted by Gasteiger charge is 2.33. The summed E-state index contributed by atoms with van der Waals surface area (Å²) in [5.41, 5.74) is 2.81. The molecule has 0 bridgehead atoms. The number of hydrogen-bond acceptors (Lipinski definition) is 3. The van der Waals surface area contributed by atoms with Gasteiger partial charge in [0.2, 0.25) is 5.91 Å². The molecule has 5 rings (SSSR count). The maximum atomic E-state index is 12.9. The number of para-hydroxylation sites is 1. The Morgan fingerprint density at radius 3 is 2.33 bits per heavy atom. The maximum Gasteiger partial charge on any atom is 0.223 e. The van der Waals surface area contributed by atoms with Gasteiger partial charge in [-0.25, -0.2) is 0 Å². The van der Waals surface area contributed by atoms with Crippen LogP contribution in [-0.2, 0) is 4.79 Å². The molecule has 1 aromatic carbocycles. The summed E-state index contributed by atoms with van der Waals surface area (Å²) in [5, 5.41) is 4.75. The summed E-state index contributed by atoms with van der Waals surface area (Å²) < 4.78 is 5.80. The Bertz CT molecular complexity index is 981. The van der Waals surface area contributed by atoms with Crippen molar-refractivity contribution in [3.8, 4) is 0 Å². The topological polar surface area (TPSA) is 45.5 Å². The van der Waals surface area contributed by atoms with E-state index >= 15 is 0 Å². The summed E-state index contributed by atoms with van der Waals surface area (Å²) in [5.74, 6) is 2.83. The first-order valence-electron chi connectivity index (χ1n) is 14.9. The van der Waals surface area contributed by atoms with Crippen LogP contribution in [0.4, 0.5) is 0 Å². The molecule has 36 heavy (non-hydrogen) atoms. The molecule has 0 radical (unpaired) electrons. The average molecular weight is 493 g/mol. The van der Waals surface area contributed by atoms with Crippen molar-refractivity contribution in [3.63, 3.8) is 0 Å². The summed E-state index contributed by atoms with van der Waals surface area (Å²) in [4.78, 5) is 15.6. The molecule has 3 aliphatic rings. The van der Waals surface area contributed by atoms with E-state index in [2.05, 4.69) is 55.3 Å². The lowest BCUT2D eigenvalue weighted by Gasteiger charge is -2.37. The molecular formula is C32H48N2O2. The van der Waals surface area contributed by atoms with Crippen LogP contribution in [0.15, 0.2) is 34.9 Å². The van der Waals surface area contributed by atoms with E-state index in [1.807, 2.05) is 6.26 Å². The number of carbonyl (C=O) groups is 1. The van der Waals surface area contributed by atoms with E-state index < -0.39 is 0 Å². The second kappa shape index (κ2) is 11.3. The molecule has 1 aromatic heterocycles. The van der Waals surface area contributed by atoms with Crippen LogP contribution >= 0.6 is 0 Å². The number of piperidine rings is 1. The van der Waals surface area contributed by atoms with Crippen LogP contribution in [0.3, 0.4) is 0 Å². The first-order valence-corrected chi connectivity index (χ1v) is 14.9. The molecule has 3 fully saturated rings. The summed E-state index contributed by atoms with van der Waals surface area (Å²) in [7, 11) is 0. The molecular weight excluding hydrogens is 444 g/mol. The monoisotopic (exact) mass is 492 g/mol. The van der Waals surface area contributed by atoms with Crippen molar-refractivity contribution in [1.29, 1.82) is 0 Å². The zero-order valence-electron chi connectivity index (χ0n) is 22.9. The smallest absolute Gasteiger partial charge is 0.223 e. The normalized spacial score (nSPS) is 28.9. The number of fused-ring (bicyclic) bond motifs is 1. The molecule has 2 aromatic rings. The molecule has 198 valence electrons. The highest BCUT2D eigenvalue weighted by molar-refractivity contribution is 5.81. The fraction of sp³-hybridized carbons (Fsp3) is 0.719. The van der Waals surface area contributed by atoms with Gasteiger partial charge < -0.3 is 14.6 Å². The van der Waals surface area contributed by atoms with Gasteiger partial charge in [0.1, 0.15) is 5.58 Å². The number of hydrogen-bond donors (Lipinski definition) is 1. The minimum Gasteiger partial charge on any atom is -0.464 e. The highest BCUT2D eigenvalue weighted by atomic mass is 16.3. The Labute approximate surface area is 218 Å². The summed E-state index contributed by atoms with van der Waals surface area (Å²) in [6.07, 6.45) is 15.3. The average Bonchev–Trinajstić information content (AvgIpc) is 3.32. The maximum absolute atomic E-state index is 12.9. The largest absolute Gasteiger partial charge is 0.464 e. The molecule has 4 heteroatoms. The number of amides is 1. The van der Waals surface area contributed by atoms with Crippen LogP contribution in [-0.4, -0.2) is 36.5 Å². The zero-order chi connectivity index (χ0) is 25.1. The SMILES string of the molecule is CC(C)(C)C1CCC(C(=O)N[C@H]2CC[C@H](CCN3CCC(c4coc5ccccc45)CC3)CC2)CC1. The molecule has 1 N–H and O–H groups in total. The van der Waals surface area contributed by atoms with Crippen molar-refractivity contribution in [3.05, 3.63) is 36.1 Å². The van der Waals surface area contributed by atoms with Gasteiger partial charge in [-0.1, -0.05) is 39.0 Å². The van der Waals surface area contributed by atoms with Crippen LogP contribution in [0.1, 0.15) is 103 Å². The number of furan rings is 1. The molecule has 0 atom stereocenters. The Morgan fingerprint density at radius 1 is 0.944 bits per heavy atom. The van der Waals surface area contributed by atoms with Crippen molar-refractivity contribution >= 4 is 16.9 Å². The van der Waals surface area contributed by atoms with E-state index in [1.165, 1.54) is 88.4 Å². The number of nitrogens with zero attached hydrogens (tertiary/aromatic N) is 1. The number of nitrogens with one attached hydrogen (secondary N) is 1. The molecule has 2 heterocycles. The van der Waals surface area contributed by atoms with Gasteiger partial charge in [0.15, 0.2) is 0 Å². The van der Waals surface area contributed by atoms with E-state index in [9.17, 15) is 4.79 Å². The van der Waals surface area contributed by atoms with Crippen molar-refractivity contribution in [1.82, 2.24) is 10.2 Å². The van der Waals surface area contributed by atoms with Crippen LogP contribution in [0, 0.1) is 23.2 Å². The van der Waals surface area contributed by atoms with E-state index in [0.717, 1.165) is 30.3 Å². The molecule has 0 spiro atoms. The Morgan fingerprint density at radius 2 is 1.64 bits per heavy atom. The van der Waals surface area contributed by atoms with Crippen LogP contribution in [0.25, 0.3) is 11.0 Å². The summed E-state index contributed by atoms with van der Waals surface area (Å²) >= 11 is 0. The van der Waals surface area contributed by atoms with Gasteiger partial charge in [-0.2, -0.15) is 0 Å². The predicted molar refractivity (Wildman–Crippen MR) is 148 cm³/mol. The first-order chi connectivity index (χ1) is 17.4. The molecule has 0 unspecified atom stereocenters. The fourth-order valence-corrected chi connectivity index (χ4v) is 7.28. The van der Waals surface area contributed by atoms with Crippen molar-refractivity contribution in [2.45, 2.75) is 103 Å². The van der Waals surface area contributed by atoms with Crippen molar-refractivity contribution < 1.29 is 9.21 Å². The van der Waals surface area contributed by atoms with Crippen LogP contribution < -0.4 is 5.32 Å². The third-order valence-corrected chi connectivity index (χ3v) is 9.91. The lowest BCUT2D eigenvalue weighted by Crippen LogP contribution is -2.42. The standard InChI is InChI=1S/C32H48N2O2/c1-32(2,3)26-12-10-25(11-13-26)31(35)33-27-14-8-23(9-15-27)16-19-34-20-17-24(18-21-34)29-22-36-30-7-5-4-6-28(29)30/h4-7,22-27H,8-21H2,1-3H3,(H,33,35)/t23-,25?,26?,27-. The number of benzene rings is 1. The van der Waals surface area contributed by atoms with E-state index in [0.29, 0.717) is 23.3 Å². The summed E-state index contributed by atoms with van der Waals surface area (Å²) in [6.45, 7) is 10.7. The highest BCUT2D eigenvalue weighted by Crippen LogP contribution is 2.40. The Hall–Kier alpha value is -1.81.